The van der Waals surface area contributed by atoms with E-state index in [0.29, 0.717) is 38.5 Å². The average molecular weight is 396 g/mol. The summed E-state index contributed by atoms with van der Waals surface area (Å²) in [6.45, 7) is 5.51. The van der Waals surface area contributed by atoms with Crippen LogP contribution in [-0.2, 0) is 9.53 Å². The Balaban J connectivity index is 1.60. The number of piperidine rings is 1. The van der Waals surface area contributed by atoms with Crippen molar-refractivity contribution in [2.45, 2.75) is 32.7 Å². The second kappa shape index (κ2) is 10.0. The van der Waals surface area contributed by atoms with Gasteiger partial charge in [0.15, 0.2) is 0 Å². The third-order valence-corrected chi connectivity index (χ3v) is 5.07. The molecule has 0 radical (unpaired) electrons. The van der Waals surface area contributed by atoms with Crippen molar-refractivity contribution in [3.05, 3.63) is 66.0 Å². The van der Waals surface area contributed by atoms with Crippen LogP contribution in [0.5, 0.6) is 0 Å². The Bertz CT molecular complexity index is 748. The van der Waals surface area contributed by atoms with E-state index in [4.69, 9.17) is 4.74 Å². The van der Waals surface area contributed by atoms with Crippen LogP contribution >= 0.6 is 0 Å². The molecule has 6 heteroatoms. The van der Waals surface area contributed by atoms with Gasteiger partial charge in [0.25, 0.3) is 0 Å². The molecule has 1 aliphatic rings. The first-order valence-electron chi connectivity index (χ1n) is 10.2. The molecule has 6 nitrogen and oxygen atoms in total. The Hall–Kier alpha value is -2.89. The molecule has 1 atom stereocenters. The minimum Gasteiger partial charge on any atom is -0.449 e. The fourth-order valence-corrected chi connectivity index (χ4v) is 3.43. The summed E-state index contributed by atoms with van der Waals surface area (Å²) in [6, 6.07) is 15.3. The number of likely N-dealkylation sites (tertiary alicyclic amines) is 1. The molecule has 2 amide bonds. The maximum Gasteiger partial charge on any atom is 0.409 e. The molecule has 2 heterocycles. The van der Waals surface area contributed by atoms with Gasteiger partial charge in [0.1, 0.15) is 0 Å². The van der Waals surface area contributed by atoms with E-state index >= 15 is 0 Å². The number of rotatable bonds is 6. The van der Waals surface area contributed by atoms with Crippen LogP contribution in [0.3, 0.4) is 0 Å². The van der Waals surface area contributed by atoms with Crippen molar-refractivity contribution in [3.8, 4) is 0 Å². The molecule has 1 aromatic heterocycles. The molecule has 1 aromatic carbocycles. The molecular weight excluding hydrogens is 366 g/mol. The molecule has 3 rings (SSSR count). The first-order chi connectivity index (χ1) is 14.0. The van der Waals surface area contributed by atoms with Crippen LogP contribution in [0.1, 0.15) is 44.0 Å². The molecule has 0 aliphatic carbocycles. The van der Waals surface area contributed by atoms with Gasteiger partial charge in [0, 0.05) is 25.2 Å². The van der Waals surface area contributed by atoms with Crippen LogP contribution in [0, 0.1) is 11.8 Å². The van der Waals surface area contributed by atoms with Crippen molar-refractivity contribution in [2.75, 3.05) is 19.7 Å². The molecule has 1 aliphatic heterocycles. The van der Waals surface area contributed by atoms with E-state index in [9.17, 15) is 9.59 Å². The molecule has 0 spiro atoms. The van der Waals surface area contributed by atoms with Gasteiger partial charge in [-0.3, -0.25) is 9.78 Å². The van der Waals surface area contributed by atoms with Crippen molar-refractivity contribution < 1.29 is 14.3 Å². The van der Waals surface area contributed by atoms with Crippen LogP contribution in [0.4, 0.5) is 4.79 Å². The highest BCUT2D eigenvalue weighted by atomic mass is 16.6. The van der Waals surface area contributed by atoms with E-state index in [1.807, 2.05) is 62.4 Å². The standard InChI is InChI=1S/C23H29N3O3/c1-17(2)16-29-23(28)26-14-11-19(12-15-26)22(27)25-21(18-8-4-3-5-9-18)20-10-6-7-13-24-20/h3-10,13,17,19,21H,11-12,14-16H2,1-2H3,(H,25,27). The lowest BCUT2D eigenvalue weighted by Crippen LogP contribution is -2.44. The Labute approximate surface area is 172 Å². The van der Waals surface area contributed by atoms with Gasteiger partial charge in [0.05, 0.1) is 18.3 Å². The van der Waals surface area contributed by atoms with Gasteiger partial charge < -0.3 is 15.0 Å². The second-order valence-corrected chi connectivity index (χ2v) is 7.84. The van der Waals surface area contributed by atoms with Crippen molar-refractivity contribution in [1.82, 2.24) is 15.2 Å². The SMILES string of the molecule is CC(C)COC(=O)N1CCC(C(=O)NC(c2ccccc2)c2ccccn2)CC1. The first kappa shape index (κ1) is 20.8. The Morgan fingerprint density at radius 3 is 2.41 bits per heavy atom. The molecule has 1 N–H and O–H groups in total. The fraction of sp³-hybridized carbons (Fsp3) is 0.435. The zero-order valence-electron chi connectivity index (χ0n) is 17.1. The highest BCUT2D eigenvalue weighted by Crippen LogP contribution is 2.23. The predicted octanol–water partition coefficient (Wildman–Crippen LogP) is 3.79. The van der Waals surface area contributed by atoms with Crippen LogP contribution in [0.25, 0.3) is 0 Å². The Morgan fingerprint density at radius 2 is 1.79 bits per heavy atom. The maximum atomic E-state index is 13.0. The summed E-state index contributed by atoms with van der Waals surface area (Å²) in [6.07, 6.45) is 2.71. The molecule has 29 heavy (non-hydrogen) atoms. The van der Waals surface area contributed by atoms with E-state index in [0.717, 1.165) is 11.3 Å². The number of hydrogen-bond acceptors (Lipinski definition) is 4. The van der Waals surface area contributed by atoms with E-state index < -0.39 is 0 Å². The van der Waals surface area contributed by atoms with E-state index in [1.54, 1.807) is 11.1 Å². The van der Waals surface area contributed by atoms with Gasteiger partial charge in [-0.2, -0.15) is 0 Å². The van der Waals surface area contributed by atoms with Crippen LogP contribution in [0.15, 0.2) is 54.7 Å². The summed E-state index contributed by atoms with van der Waals surface area (Å²) in [4.78, 5) is 31.2. The summed E-state index contributed by atoms with van der Waals surface area (Å²) in [5.74, 6) is 0.183. The molecule has 2 aromatic rings. The highest BCUT2D eigenvalue weighted by Gasteiger charge is 2.30. The molecule has 0 saturated carbocycles. The molecule has 1 saturated heterocycles. The van der Waals surface area contributed by atoms with Crippen molar-refractivity contribution in [2.24, 2.45) is 11.8 Å². The monoisotopic (exact) mass is 395 g/mol. The lowest BCUT2D eigenvalue weighted by atomic mass is 9.94. The lowest BCUT2D eigenvalue weighted by Gasteiger charge is -2.31. The van der Waals surface area contributed by atoms with Crippen LogP contribution < -0.4 is 5.32 Å². The quantitative estimate of drug-likeness (QED) is 0.808. The van der Waals surface area contributed by atoms with Crippen LogP contribution in [0.2, 0.25) is 0 Å². The number of pyridine rings is 1. The Kier molecular flexibility index (Phi) is 7.22. The summed E-state index contributed by atoms with van der Waals surface area (Å²) >= 11 is 0. The highest BCUT2D eigenvalue weighted by molar-refractivity contribution is 5.80. The third kappa shape index (κ3) is 5.79. The maximum absolute atomic E-state index is 13.0. The van der Waals surface area contributed by atoms with E-state index in [-0.39, 0.29) is 24.0 Å². The number of carbonyl (C=O) groups is 2. The average Bonchev–Trinajstić information content (AvgIpc) is 2.77. The molecule has 1 unspecified atom stereocenters. The molecule has 1 fully saturated rings. The van der Waals surface area contributed by atoms with Crippen molar-refractivity contribution in [3.63, 3.8) is 0 Å². The van der Waals surface area contributed by atoms with Gasteiger partial charge in [0.2, 0.25) is 5.91 Å². The van der Waals surface area contributed by atoms with Gasteiger partial charge in [-0.25, -0.2) is 4.79 Å². The summed E-state index contributed by atoms with van der Waals surface area (Å²) in [5, 5.41) is 3.17. The van der Waals surface area contributed by atoms with E-state index in [1.165, 1.54) is 0 Å². The van der Waals surface area contributed by atoms with Crippen molar-refractivity contribution >= 4 is 12.0 Å². The smallest absolute Gasteiger partial charge is 0.409 e. The van der Waals surface area contributed by atoms with Gasteiger partial charge >= 0.3 is 6.09 Å². The van der Waals surface area contributed by atoms with Gasteiger partial charge in [-0.15, -0.1) is 0 Å². The predicted molar refractivity (Wildman–Crippen MR) is 111 cm³/mol. The lowest BCUT2D eigenvalue weighted by molar-refractivity contribution is -0.126. The second-order valence-electron chi connectivity index (χ2n) is 7.84. The number of hydrogen-bond donors (Lipinski definition) is 1. The van der Waals surface area contributed by atoms with Crippen molar-refractivity contribution in [1.29, 1.82) is 0 Å². The topological polar surface area (TPSA) is 71.5 Å². The number of ether oxygens (including phenoxy) is 1. The zero-order valence-corrected chi connectivity index (χ0v) is 17.1. The molecule has 154 valence electrons. The number of nitrogens with zero attached hydrogens (tertiary/aromatic N) is 2. The third-order valence-electron chi connectivity index (χ3n) is 5.07. The van der Waals surface area contributed by atoms with E-state index in [2.05, 4.69) is 10.3 Å². The number of nitrogens with one attached hydrogen (secondary N) is 1. The van der Waals surface area contributed by atoms with Gasteiger partial charge in [-0.1, -0.05) is 50.2 Å². The minimum absolute atomic E-state index is 0.000274. The molecular formula is C23H29N3O3. The summed E-state index contributed by atoms with van der Waals surface area (Å²) in [7, 11) is 0. The van der Waals surface area contributed by atoms with Gasteiger partial charge in [-0.05, 0) is 36.5 Å². The first-order valence-corrected chi connectivity index (χ1v) is 10.2. The number of aromatic nitrogens is 1. The summed E-state index contributed by atoms with van der Waals surface area (Å²) < 4.78 is 5.30. The fourth-order valence-electron chi connectivity index (χ4n) is 3.43. The van der Waals surface area contributed by atoms with Crippen LogP contribution in [-0.4, -0.2) is 41.6 Å². The largest absolute Gasteiger partial charge is 0.449 e. The normalized spacial score (nSPS) is 15.8. The minimum atomic E-state index is -0.293. The molecule has 0 bridgehead atoms. The number of benzene rings is 1. The zero-order chi connectivity index (χ0) is 20.6. The Morgan fingerprint density at radius 1 is 1.10 bits per heavy atom. The summed E-state index contributed by atoms with van der Waals surface area (Å²) in [5.41, 5.74) is 1.80. The number of carbonyl (C=O) groups excluding carboxylic acids is 2. The number of amides is 2.